The Morgan fingerprint density at radius 2 is 1.15 bits per heavy atom. The quantitative estimate of drug-likeness (QED) is 0.250. The van der Waals surface area contributed by atoms with Crippen molar-refractivity contribution >= 4 is 11.9 Å². The first kappa shape index (κ1) is 28.9. The van der Waals surface area contributed by atoms with Gasteiger partial charge in [-0.15, -0.1) is 0 Å². The molecule has 1 N–H and O–H groups in total. The summed E-state index contributed by atoms with van der Waals surface area (Å²) in [5, 5.41) is 16.8. The van der Waals surface area contributed by atoms with Crippen LogP contribution in [0.15, 0.2) is 60.9 Å². The van der Waals surface area contributed by atoms with Gasteiger partial charge >= 0.3 is 24.3 Å². The molecule has 0 fully saturated rings. The van der Waals surface area contributed by atoms with Gasteiger partial charge < -0.3 is 9.84 Å². The van der Waals surface area contributed by atoms with Crippen LogP contribution >= 0.6 is 0 Å². The third-order valence-corrected chi connectivity index (χ3v) is 5.23. The summed E-state index contributed by atoms with van der Waals surface area (Å²) in [6.45, 7) is 3.43. The number of halogens is 6. The molecule has 0 unspecified atom stereocenters. The van der Waals surface area contributed by atoms with E-state index < -0.39 is 46.5 Å². The summed E-state index contributed by atoms with van der Waals surface area (Å²) in [5.74, 6) is -2.64. The van der Waals surface area contributed by atoms with Gasteiger partial charge in [0.1, 0.15) is 0 Å². The van der Waals surface area contributed by atoms with Gasteiger partial charge in [0, 0.05) is 12.4 Å². The zero-order chi connectivity index (χ0) is 29.1. The lowest BCUT2D eigenvalue weighted by molar-refractivity contribution is -0.138. The van der Waals surface area contributed by atoms with Gasteiger partial charge in [0.2, 0.25) is 0 Å². The van der Waals surface area contributed by atoms with Gasteiger partial charge in [-0.2, -0.15) is 36.5 Å². The van der Waals surface area contributed by atoms with Crippen molar-refractivity contribution in [1.82, 2.24) is 19.6 Å². The minimum Gasteiger partial charge on any atom is -0.478 e. The number of aromatic nitrogens is 4. The number of carbonyl (C=O) groups is 2. The molecule has 0 aliphatic rings. The first-order valence-corrected chi connectivity index (χ1v) is 10.9. The number of alkyl halides is 6. The largest absolute Gasteiger partial charge is 0.478 e. The van der Waals surface area contributed by atoms with E-state index in [1.54, 1.807) is 32.2 Å². The molecular weight excluding hydrogens is 534 g/mol. The van der Waals surface area contributed by atoms with Crippen LogP contribution in [0.1, 0.15) is 43.2 Å². The number of hydrogen-bond acceptors (Lipinski definition) is 5. The Kier molecular flexibility index (Phi) is 8.17. The van der Waals surface area contributed by atoms with E-state index in [1.165, 1.54) is 27.7 Å². The highest BCUT2D eigenvalue weighted by Gasteiger charge is 2.37. The van der Waals surface area contributed by atoms with Crippen LogP contribution in [0.3, 0.4) is 0 Å². The summed E-state index contributed by atoms with van der Waals surface area (Å²) in [5.41, 5.74) is -1.83. The van der Waals surface area contributed by atoms with Crippen molar-refractivity contribution in [2.24, 2.45) is 0 Å². The van der Waals surface area contributed by atoms with E-state index in [0.29, 0.717) is 11.4 Å². The molecule has 4 aromatic rings. The Balaban J connectivity index is 0.000000216. The minimum atomic E-state index is -4.73. The van der Waals surface area contributed by atoms with Gasteiger partial charge in [-0.25, -0.2) is 19.0 Å². The second-order valence-electron chi connectivity index (χ2n) is 8.06. The monoisotopic (exact) mass is 554 g/mol. The molecule has 0 aliphatic carbocycles. The van der Waals surface area contributed by atoms with E-state index in [0.717, 1.165) is 31.4 Å². The Morgan fingerprint density at radius 3 is 1.49 bits per heavy atom. The first-order chi connectivity index (χ1) is 18.1. The number of carboxylic acids is 1. The van der Waals surface area contributed by atoms with Crippen LogP contribution in [0.4, 0.5) is 26.3 Å². The molecule has 0 radical (unpaired) electrons. The van der Waals surface area contributed by atoms with E-state index in [-0.39, 0.29) is 11.4 Å². The fraction of sp³-hybridized carbons (Fsp3) is 0.200. The lowest BCUT2D eigenvalue weighted by Gasteiger charge is -2.13. The summed E-state index contributed by atoms with van der Waals surface area (Å²) in [7, 11) is 1.03. The molecule has 0 atom stereocenters. The summed E-state index contributed by atoms with van der Waals surface area (Å²) >= 11 is 0. The Hall–Kier alpha value is -4.62. The maximum atomic E-state index is 13.0. The van der Waals surface area contributed by atoms with Crippen LogP contribution in [0.5, 0.6) is 0 Å². The molecule has 0 bridgehead atoms. The summed E-state index contributed by atoms with van der Waals surface area (Å²) in [4.78, 5) is 22.2. The Labute approximate surface area is 217 Å². The molecule has 0 spiro atoms. The van der Waals surface area contributed by atoms with Gasteiger partial charge in [0.25, 0.3) is 0 Å². The van der Waals surface area contributed by atoms with E-state index in [1.807, 2.05) is 0 Å². The number of rotatable bonds is 4. The van der Waals surface area contributed by atoms with Crippen LogP contribution in [0.25, 0.3) is 11.4 Å². The SMILES string of the molecule is COC(=O)c1ccc(-n2ccc(C)n2)cc1C(F)(F)F.Cc1ccn(-c2ccc(C(=O)O)c(C(F)(F)F)c2)n1. The number of hydrogen-bond donors (Lipinski definition) is 1. The number of aryl methyl sites for hydroxylation is 2. The van der Waals surface area contributed by atoms with Gasteiger partial charge in [0.05, 0.1) is 52.1 Å². The van der Waals surface area contributed by atoms with Gasteiger partial charge in [0.15, 0.2) is 0 Å². The molecule has 0 saturated carbocycles. The minimum absolute atomic E-state index is 0.158. The molecule has 2 aromatic heterocycles. The Bertz CT molecular complexity index is 1500. The van der Waals surface area contributed by atoms with Crippen molar-refractivity contribution in [2.45, 2.75) is 26.2 Å². The predicted molar refractivity (Wildman–Crippen MR) is 125 cm³/mol. The van der Waals surface area contributed by atoms with E-state index in [2.05, 4.69) is 14.9 Å². The third kappa shape index (κ3) is 6.83. The highest BCUT2D eigenvalue weighted by atomic mass is 19.4. The lowest BCUT2D eigenvalue weighted by atomic mass is 10.1. The van der Waals surface area contributed by atoms with Crippen LogP contribution in [-0.2, 0) is 17.1 Å². The molecule has 39 heavy (non-hydrogen) atoms. The van der Waals surface area contributed by atoms with Crippen molar-refractivity contribution in [1.29, 1.82) is 0 Å². The van der Waals surface area contributed by atoms with Crippen LogP contribution in [0, 0.1) is 13.8 Å². The summed E-state index contributed by atoms with van der Waals surface area (Å²) in [6.07, 6.45) is -6.33. The number of esters is 1. The van der Waals surface area contributed by atoms with Gasteiger partial charge in [-0.05, 0) is 62.4 Å². The number of nitrogens with zero attached hydrogens (tertiary/aromatic N) is 4. The number of benzene rings is 2. The van der Waals surface area contributed by atoms with E-state index in [9.17, 15) is 35.9 Å². The van der Waals surface area contributed by atoms with E-state index in [4.69, 9.17) is 5.11 Å². The van der Waals surface area contributed by atoms with Crippen molar-refractivity contribution < 1.29 is 45.8 Å². The lowest BCUT2D eigenvalue weighted by Crippen LogP contribution is -2.15. The topological polar surface area (TPSA) is 99.2 Å². The first-order valence-electron chi connectivity index (χ1n) is 10.9. The maximum absolute atomic E-state index is 13.0. The highest BCUT2D eigenvalue weighted by Crippen LogP contribution is 2.34. The second kappa shape index (κ2) is 11.0. The highest BCUT2D eigenvalue weighted by molar-refractivity contribution is 5.91. The molecule has 14 heteroatoms. The number of methoxy groups -OCH3 is 1. The smallest absolute Gasteiger partial charge is 0.417 e. The number of carbonyl (C=O) groups excluding carboxylic acids is 1. The molecule has 4 rings (SSSR count). The predicted octanol–water partition coefficient (Wildman–Crippen LogP) is 5.88. The molecular formula is C25H20F6N4O4. The molecule has 206 valence electrons. The second-order valence-corrected chi connectivity index (χ2v) is 8.06. The summed E-state index contributed by atoms with van der Waals surface area (Å²) in [6, 6.07) is 9.63. The van der Waals surface area contributed by atoms with Crippen molar-refractivity contribution in [3.63, 3.8) is 0 Å². The number of carboxylic acid groups (broad SMARTS) is 1. The zero-order valence-corrected chi connectivity index (χ0v) is 20.5. The number of ether oxygens (including phenoxy) is 1. The fourth-order valence-electron chi connectivity index (χ4n) is 3.41. The average molecular weight is 554 g/mol. The molecule has 2 aromatic carbocycles. The maximum Gasteiger partial charge on any atom is 0.417 e. The Morgan fingerprint density at radius 1 is 0.744 bits per heavy atom. The zero-order valence-electron chi connectivity index (χ0n) is 20.5. The van der Waals surface area contributed by atoms with Crippen LogP contribution in [0.2, 0.25) is 0 Å². The van der Waals surface area contributed by atoms with E-state index >= 15 is 0 Å². The number of aromatic carboxylic acids is 1. The van der Waals surface area contributed by atoms with Crippen molar-refractivity contribution in [3.05, 3.63) is 94.6 Å². The van der Waals surface area contributed by atoms with Crippen LogP contribution < -0.4 is 0 Å². The van der Waals surface area contributed by atoms with Crippen molar-refractivity contribution in [2.75, 3.05) is 7.11 Å². The molecule has 0 amide bonds. The molecule has 0 aliphatic heterocycles. The van der Waals surface area contributed by atoms with Gasteiger partial charge in [-0.1, -0.05) is 0 Å². The standard InChI is InChI=1S/C13H11F3N2O2.C12H9F3N2O2/c1-8-5-6-18(17-8)9-3-4-10(12(19)20-2)11(7-9)13(14,15)16;1-7-4-5-17(16-7)8-2-3-9(11(18)19)10(6-8)12(13,14)15/h3-7H,1-2H3;2-6H,1H3,(H,18,19). The molecule has 2 heterocycles. The third-order valence-electron chi connectivity index (χ3n) is 5.23. The normalized spacial score (nSPS) is 11.5. The molecule has 8 nitrogen and oxygen atoms in total. The average Bonchev–Trinajstić information content (AvgIpc) is 3.50. The fourth-order valence-corrected chi connectivity index (χ4v) is 3.41. The molecule has 0 saturated heterocycles. The van der Waals surface area contributed by atoms with Crippen molar-refractivity contribution in [3.8, 4) is 11.4 Å². The van der Waals surface area contributed by atoms with Gasteiger partial charge in [-0.3, -0.25) is 0 Å². The van der Waals surface area contributed by atoms with Crippen LogP contribution in [-0.4, -0.2) is 43.7 Å². The summed E-state index contributed by atoms with van der Waals surface area (Å²) < 4.78 is 84.4.